The van der Waals surface area contributed by atoms with Gasteiger partial charge in [0.1, 0.15) is 0 Å². The first-order valence-electron chi connectivity index (χ1n) is 5.85. The second kappa shape index (κ2) is 5.17. The number of benzene rings is 1. The summed E-state index contributed by atoms with van der Waals surface area (Å²) in [5.41, 5.74) is 2.41. The van der Waals surface area contributed by atoms with Gasteiger partial charge in [-0.05, 0) is 37.0 Å². The minimum atomic E-state index is 0.232. The topological polar surface area (TPSA) is 32.3 Å². The highest BCUT2D eigenvalue weighted by molar-refractivity contribution is 5.45. The van der Waals surface area contributed by atoms with E-state index in [1.807, 2.05) is 0 Å². The van der Waals surface area contributed by atoms with E-state index in [2.05, 4.69) is 29.6 Å². The molecule has 0 spiro atoms. The van der Waals surface area contributed by atoms with Gasteiger partial charge in [0.2, 0.25) is 0 Å². The molecule has 15 heavy (non-hydrogen) atoms. The van der Waals surface area contributed by atoms with E-state index in [1.165, 1.54) is 36.9 Å². The van der Waals surface area contributed by atoms with E-state index in [1.54, 1.807) is 0 Å². The van der Waals surface area contributed by atoms with E-state index in [0.717, 1.165) is 6.42 Å². The molecule has 0 atom stereocenters. The van der Waals surface area contributed by atoms with Gasteiger partial charge in [0.05, 0.1) is 0 Å². The summed E-state index contributed by atoms with van der Waals surface area (Å²) in [7, 11) is 0. The zero-order valence-electron chi connectivity index (χ0n) is 9.08. The smallest absolute Gasteiger partial charge is 0.0471 e. The lowest BCUT2D eigenvalue weighted by Crippen LogP contribution is -2.14. The van der Waals surface area contributed by atoms with Crippen molar-refractivity contribution in [1.82, 2.24) is 0 Å². The van der Waals surface area contributed by atoms with Crippen LogP contribution in [0.15, 0.2) is 24.3 Å². The average Bonchev–Trinajstić information content (AvgIpc) is 2.74. The average molecular weight is 205 g/mol. The Morgan fingerprint density at radius 2 is 1.80 bits per heavy atom. The minimum Gasteiger partial charge on any atom is -0.396 e. The monoisotopic (exact) mass is 205 g/mol. The summed E-state index contributed by atoms with van der Waals surface area (Å²) in [6, 6.07) is 9.09. The summed E-state index contributed by atoms with van der Waals surface area (Å²) in [5, 5.41) is 12.4. The number of hydrogen-bond acceptors (Lipinski definition) is 2. The summed E-state index contributed by atoms with van der Waals surface area (Å²) in [4.78, 5) is 0. The SMILES string of the molecule is OCCc1ccc(NC2CCCC2)cc1. The van der Waals surface area contributed by atoms with Crippen LogP contribution in [0, 0.1) is 0 Å². The van der Waals surface area contributed by atoms with E-state index in [4.69, 9.17) is 5.11 Å². The lowest BCUT2D eigenvalue weighted by atomic mass is 10.1. The van der Waals surface area contributed by atoms with Crippen molar-refractivity contribution in [3.8, 4) is 0 Å². The van der Waals surface area contributed by atoms with Crippen molar-refractivity contribution in [2.45, 2.75) is 38.1 Å². The zero-order chi connectivity index (χ0) is 10.5. The first kappa shape index (κ1) is 10.5. The summed E-state index contributed by atoms with van der Waals surface area (Å²) in [6.45, 7) is 0.232. The van der Waals surface area contributed by atoms with E-state index in [9.17, 15) is 0 Å². The van der Waals surface area contributed by atoms with Crippen LogP contribution in [-0.4, -0.2) is 17.8 Å². The molecule has 1 aliphatic carbocycles. The maximum absolute atomic E-state index is 8.80. The van der Waals surface area contributed by atoms with Crippen LogP contribution in [0.2, 0.25) is 0 Å². The van der Waals surface area contributed by atoms with E-state index >= 15 is 0 Å². The van der Waals surface area contributed by atoms with Crippen LogP contribution in [0.3, 0.4) is 0 Å². The number of rotatable bonds is 4. The quantitative estimate of drug-likeness (QED) is 0.791. The Labute approximate surface area is 91.3 Å². The molecular weight excluding hydrogens is 186 g/mol. The van der Waals surface area contributed by atoms with Crippen LogP contribution in [0.4, 0.5) is 5.69 Å². The highest BCUT2D eigenvalue weighted by Crippen LogP contribution is 2.22. The van der Waals surface area contributed by atoms with Gasteiger partial charge in [-0.3, -0.25) is 0 Å². The van der Waals surface area contributed by atoms with Crippen molar-refractivity contribution >= 4 is 5.69 Å². The molecule has 1 fully saturated rings. The predicted molar refractivity (Wildman–Crippen MR) is 63.1 cm³/mol. The van der Waals surface area contributed by atoms with Crippen molar-refractivity contribution in [2.24, 2.45) is 0 Å². The van der Waals surface area contributed by atoms with Gasteiger partial charge in [0.25, 0.3) is 0 Å². The van der Waals surface area contributed by atoms with Gasteiger partial charge in [-0.1, -0.05) is 25.0 Å². The molecule has 0 aliphatic heterocycles. The van der Waals surface area contributed by atoms with Gasteiger partial charge in [-0.25, -0.2) is 0 Å². The molecule has 0 saturated heterocycles. The molecule has 0 heterocycles. The number of aliphatic hydroxyl groups excluding tert-OH is 1. The maximum Gasteiger partial charge on any atom is 0.0471 e. The van der Waals surface area contributed by atoms with Crippen LogP contribution >= 0.6 is 0 Å². The van der Waals surface area contributed by atoms with Gasteiger partial charge in [0, 0.05) is 18.3 Å². The van der Waals surface area contributed by atoms with Gasteiger partial charge < -0.3 is 10.4 Å². The molecule has 2 N–H and O–H groups in total. The Hall–Kier alpha value is -1.02. The molecule has 1 aliphatic rings. The number of nitrogens with one attached hydrogen (secondary N) is 1. The fourth-order valence-corrected chi connectivity index (χ4v) is 2.20. The molecule has 0 aromatic heterocycles. The van der Waals surface area contributed by atoms with Gasteiger partial charge in [-0.15, -0.1) is 0 Å². The molecule has 0 amide bonds. The maximum atomic E-state index is 8.80. The first-order chi connectivity index (χ1) is 7.38. The molecule has 2 rings (SSSR count). The molecule has 2 heteroatoms. The number of aliphatic hydroxyl groups is 1. The third-order valence-electron chi connectivity index (χ3n) is 3.08. The summed E-state index contributed by atoms with van der Waals surface area (Å²) >= 11 is 0. The van der Waals surface area contributed by atoms with Crippen molar-refractivity contribution < 1.29 is 5.11 Å². The Morgan fingerprint density at radius 3 is 2.40 bits per heavy atom. The molecule has 82 valence electrons. The second-order valence-corrected chi connectivity index (χ2v) is 4.30. The summed E-state index contributed by atoms with van der Waals surface area (Å²) < 4.78 is 0. The first-order valence-corrected chi connectivity index (χ1v) is 5.85. The van der Waals surface area contributed by atoms with Crippen LogP contribution in [0.25, 0.3) is 0 Å². The van der Waals surface area contributed by atoms with Crippen molar-refractivity contribution in [3.63, 3.8) is 0 Å². The highest BCUT2D eigenvalue weighted by Gasteiger charge is 2.13. The lowest BCUT2D eigenvalue weighted by Gasteiger charge is -2.13. The van der Waals surface area contributed by atoms with Crippen molar-refractivity contribution in [3.05, 3.63) is 29.8 Å². The third kappa shape index (κ3) is 2.96. The molecule has 0 radical (unpaired) electrons. The van der Waals surface area contributed by atoms with Crippen LogP contribution in [0.5, 0.6) is 0 Å². The summed E-state index contributed by atoms with van der Waals surface area (Å²) in [5.74, 6) is 0. The van der Waals surface area contributed by atoms with Gasteiger partial charge in [-0.2, -0.15) is 0 Å². The number of anilines is 1. The Balaban J connectivity index is 1.91. The summed E-state index contributed by atoms with van der Waals surface area (Å²) in [6.07, 6.45) is 6.08. The van der Waals surface area contributed by atoms with Gasteiger partial charge >= 0.3 is 0 Å². The predicted octanol–water partition coefficient (Wildman–Crippen LogP) is 2.58. The fourth-order valence-electron chi connectivity index (χ4n) is 2.20. The molecule has 0 unspecified atom stereocenters. The Morgan fingerprint density at radius 1 is 1.13 bits per heavy atom. The molecule has 1 saturated carbocycles. The van der Waals surface area contributed by atoms with Crippen LogP contribution in [0.1, 0.15) is 31.2 Å². The minimum absolute atomic E-state index is 0.232. The molecular formula is C13H19NO. The highest BCUT2D eigenvalue weighted by atomic mass is 16.2. The van der Waals surface area contributed by atoms with Crippen molar-refractivity contribution in [1.29, 1.82) is 0 Å². The van der Waals surface area contributed by atoms with Crippen LogP contribution in [-0.2, 0) is 6.42 Å². The van der Waals surface area contributed by atoms with E-state index < -0.39 is 0 Å². The molecule has 0 bridgehead atoms. The Kier molecular flexibility index (Phi) is 3.62. The van der Waals surface area contributed by atoms with E-state index in [0.29, 0.717) is 6.04 Å². The van der Waals surface area contributed by atoms with Gasteiger partial charge in [0.15, 0.2) is 0 Å². The molecule has 2 nitrogen and oxygen atoms in total. The molecule has 1 aromatic rings. The normalized spacial score (nSPS) is 16.9. The number of hydrogen-bond donors (Lipinski definition) is 2. The molecule has 1 aromatic carbocycles. The fraction of sp³-hybridized carbons (Fsp3) is 0.538. The second-order valence-electron chi connectivity index (χ2n) is 4.30. The van der Waals surface area contributed by atoms with E-state index in [-0.39, 0.29) is 6.61 Å². The van der Waals surface area contributed by atoms with Crippen LogP contribution < -0.4 is 5.32 Å². The largest absolute Gasteiger partial charge is 0.396 e. The Bertz CT molecular complexity index is 288. The standard InChI is InChI=1S/C13H19NO/c15-10-9-11-5-7-13(8-6-11)14-12-3-1-2-4-12/h5-8,12,14-15H,1-4,9-10H2. The van der Waals surface area contributed by atoms with Crippen molar-refractivity contribution in [2.75, 3.05) is 11.9 Å². The lowest BCUT2D eigenvalue weighted by molar-refractivity contribution is 0.299. The third-order valence-corrected chi connectivity index (χ3v) is 3.08. The zero-order valence-corrected chi connectivity index (χ0v) is 9.08.